The summed E-state index contributed by atoms with van der Waals surface area (Å²) >= 11 is 0. The standard InChI is InChI=1S/C20H20FN3O/c21-17-10-14(11-23-12-17)13-3-1-4-16(9-13)20(15-7-8-15)18(25)5-2-6-19(22)24-20/h1,3-4,9-12,15H,2,5-8H2,(H2,22,24). The lowest BCUT2D eigenvalue weighted by Gasteiger charge is -2.29. The van der Waals surface area contributed by atoms with Crippen LogP contribution >= 0.6 is 0 Å². The molecule has 0 saturated heterocycles. The van der Waals surface area contributed by atoms with Gasteiger partial charge in [0.05, 0.1) is 12.0 Å². The van der Waals surface area contributed by atoms with Crippen molar-refractivity contribution in [3.05, 3.63) is 54.1 Å². The van der Waals surface area contributed by atoms with Gasteiger partial charge in [0.15, 0.2) is 5.78 Å². The molecular formula is C20H20FN3O. The number of Topliss-reactive ketones (excluding diaryl/α,β-unsaturated/α-hetero) is 1. The minimum Gasteiger partial charge on any atom is -0.387 e. The first kappa shape index (κ1) is 15.9. The number of rotatable bonds is 3. The number of hydrogen-bond acceptors (Lipinski definition) is 4. The van der Waals surface area contributed by atoms with E-state index in [1.54, 1.807) is 6.20 Å². The van der Waals surface area contributed by atoms with Gasteiger partial charge < -0.3 is 5.73 Å². The zero-order chi connectivity index (χ0) is 17.4. The highest BCUT2D eigenvalue weighted by Gasteiger charge is 2.52. The summed E-state index contributed by atoms with van der Waals surface area (Å²) in [5.74, 6) is 0.519. The van der Waals surface area contributed by atoms with E-state index in [4.69, 9.17) is 10.7 Å². The van der Waals surface area contributed by atoms with Crippen LogP contribution in [-0.4, -0.2) is 16.6 Å². The van der Waals surface area contributed by atoms with Crippen LogP contribution in [0.2, 0.25) is 0 Å². The molecule has 4 rings (SSSR count). The number of carbonyl (C=O) groups excluding carboxylic acids is 1. The largest absolute Gasteiger partial charge is 0.387 e. The molecule has 4 nitrogen and oxygen atoms in total. The number of pyridine rings is 1. The monoisotopic (exact) mass is 337 g/mol. The zero-order valence-corrected chi connectivity index (χ0v) is 13.9. The Bertz CT molecular complexity index is 860. The van der Waals surface area contributed by atoms with Gasteiger partial charge >= 0.3 is 0 Å². The van der Waals surface area contributed by atoms with Crippen molar-refractivity contribution in [1.29, 1.82) is 0 Å². The Morgan fingerprint density at radius 3 is 2.72 bits per heavy atom. The van der Waals surface area contributed by atoms with Gasteiger partial charge in [-0.05, 0) is 48.4 Å². The van der Waals surface area contributed by atoms with Crippen LogP contribution in [0.5, 0.6) is 0 Å². The number of halogens is 1. The van der Waals surface area contributed by atoms with Gasteiger partial charge in [-0.3, -0.25) is 14.8 Å². The Kier molecular flexibility index (Phi) is 3.86. The fraction of sp³-hybridized carbons (Fsp3) is 0.350. The minimum atomic E-state index is -0.878. The molecule has 2 heterocycles. The quantitative estimate of drug-likeness (QED) is 0.930. The van der Waals surface area contributed by atoms with E-state index in [-0.39, 0.29) is 17.5 Å². The van der Waals surface area contributed by atoms with E-state index in [0.29, 0.717) is 24.2 Å². The van der Waals surface area contributed by atoms with E-state index in [1.807, 2.05) is 24.3 Å². The highest BCUT2D eigenvalue weighted by molar-refractivity contribution is 5.96. The molecule has 1 aliphatic carbocycles. The van der Waals surface area contributed by atoms with Crippen LogP contribution in [0.4, 0.5) is 4.39 Å². The van der Waals surface area contributed by atoms with Crippen molar-refractivity contribution in [3.8, 4) is 11.1 Å². The smallest absolute Gasteiger partial charge is 0.165 e. The van der Waals surface area contributed by atoms with E-state index < -0.39 is 5.54 Å². The Morgan fingerprint density at radius 2 is 1.96 bits per heavy atom. The lowest BCUT2D eigenvalue weighted by Crippen LogP contribution is -2.37. The predicted octanol–water partition coefficient (Wildman–Crippen LogP) is 3.60. The summed E-state index contributed by atoms with van der Waals surface area (Å²) in [6.45, 7) is 0. The summed E-state index contributed by atoms with van der Waals surface area (Å²) in [5, 5.41) is 0. The van der Waals surface area contributed by atoms with E-state index in [1.165, 1.54) is 12.3 Å². The molecule has 1 aromatic heterocycles. The average Bonchev–Trinajstić information content (AvgIpc) is 3.45. The fourth-order valence-electron chi connectivity index (χ4n) is 3.75. The molecule has 1 fully saturated rings. The van der Waals surface area contributed by atoms with Gasteiger partial charge in [-0.25, -0.2) is 4.39 Å². The number of hydrogen-bond donors (Lipinski definition) is 1. The maximum atomic E-state index is 13.5. The van der Waals surface area contributed by atoms with Gasteiger partial charge in [0.2, 0.25) is 0 Å². The topological polar surface area (TPSA) is 68.3 Å². The number of amidine groups is 1. The summed E-state index contributed by atoms with van der Waals surface area (Å²) in [4.78, 5) is 21.7. The SMILES string of the molecule is NC1=NC(c2cccc(-c3cncc(F)c3)c2)(C2CC2)C(=O)CCC1. The molecule has 1 saturated carbocycles. The first-order valence-electron chi connectivity index (χ1n) is 8.68. The Hall–Kier alpha value is -2.56. The molecule has 1 aromatic carbocycles. The Labute approximate surface area is 146 Å². The van der Waals surface area contributed by atoms with Gasteiger partial charge in [0.1, 0.15) is 11.4 Å². The lowest BCUT2D eigenvalue weighted by atomic mass is 9.79. The summed E-state index contributed by atoms with van der Waals surface area (Å²) in [6, 6.07) is 9.12. The second-order valence-electron chi connectivity index (χ2n) is 6.89. The van der Waals surface area contributed by atoms with Crippen molar-refractivity contribution in [2.24, 2.45) is 16.6 Å². The number of aliphatic imine (C=N–C) groups is 1. The molecule has 1 aliphatic heterocycles. The maximum absolute atomic E-state index is 13.5. The molecular weight excluding hydrogens is 317 g/mol. The minimum absolute atomic E-state index is 0.143. The van der Waals surface area contributed by atoms with Gasteiger partial charge in [-0.1, -0.05) is 18.2 Å². The van der Waals surface area contributed by atoms with Crippen molar-refractivity contribution >= 4 is 11.6 Å². The van der Waals surface area contributed by atoms with Crippen LogP contribution in [0.15, 0.2) is 47.7 Å². The molecule has 2 aliphatic rings. The van der Waals surface area contributed by atoms with Crippen molar-refractivity contribution in [2.75, 3.05) is 0 Å². The Morgan fingerprint density at radius 1 is 1.12 bits per heavy atom. The molecule has 1 unspecified atom stereocenters. The second-order valence-corrected chi connectivity index (χ2v) is 6.89. The molecule has 0 radical (unpaired) electrons. The molecule has 5 heteroatoms. The zero-order valence-electron chi connectivity index (χ0n) is 13.9. The Balaban J connectivity index is 1.85. The summed E-state index contributed by atoms with van der Waals surface area (Å²) in [6.07, 6.45) is 6.66. The van der Waals surface area contributed by atoms with Crippen LogP contribution in [0.3, 0.4) is 0 Å². The molecule has 0 bridgehead atoms. The van der Waals surface area contributed by atoms with E-state index in [0.717, 1.165) is 30.4 Å². The fourth-order valence-corrected chi connectivity index (χ4v) is 3.75. The van der Waals surface area contributed by atoms with E-state index in [9.17, 15) is 9.18 Å². The summed E-state index contributed by atoms with van der Waals surface area (Å²) < 4.78 is 13.5. The third kappa shape index (κ3) is 2.84. The third-order valence-electron chi connectivity index (χ3n) is 5.09. The summed E-state index contributed by atoms with van der Waals surface area (Å²) in [5.41, 5.74) is 7.57. The molecule has 2 N–H and O–H groups in total. The number of carbonyl (C=O) groups is 1. The van der Waals surface area contributed by atoms with Gasteiger partial charge in [-0.15, -0.1) is 0 Å². The second kappa shape index (κ2) is 6.06. The van der Waals surface area contributed by atoms with Crippen LogP contribution in [0.25, 0.3) is 11.1 Å². The number of ketones is 1. The number of nitrogens with zero attached hydrogens (tertiary/aromatic N) is 2. The number of aromatic nitrogens is 1. The van der Waals surface area contributed by atoms with Crippen molar-refractivity contribution in [3.63, 3.8) is 0 Å². The highest BCUT2D eigenvalue weighted by Crippen LogP contribution is 2.51. The molecule has 0 amide bonds. The highest BCUT2D eigenvalue weighted by atomic mass is 19.1. The van der Waals surface area contributed by atoms with Gasteiger partial charge in [-0.2, -0.15) is 0 Å². The molecule has 128 valence electrons. The van der Waals surface area contributed by atoms with Crippen LogP contribution in [0, 0.1) is 11.7 Å². The van der Waals surface area contributed by atoms with E-state index in [2.05, 4.69) is 4.98 Å². The van der Waals surface area contributed by atoms with Crippen LogP contribution in [-0.2, 0) is 10.3 Å². The summed E-state index contributed by atoms with van der Waals surface area (Å²) in [7, 11) is 0. The van der Waals surface area contributed by atoms with Crippen molar-refractivity contribution in [2.45, 2.75) is 37.6 Å². The van der Waals surface area contributed by atoms with Crippen LogP contribution < -0.4 is 5.73 Å². The van der Waals surface area contributed by atoms with Crippen molar-refractivity contribution in [1.82, 2.24) is 4.98 Å². The van der Waals surface area contributed by atoms with Crippen LogP contribution in [0.1, 0.15) is 37.7 Å². The molecule has 25 heavy (non-hydrogen) atoms. The molecule has 2 aromatic rings. The number of nitrogens with two attached hydrogens (primary N) is 1. The first-order chi connectivity index (χ1) is 12.1. The van der Waals surface area contributed by atoms with E-state index >= 15 is 0 Å². The average molecular weight is 337 g/mol. The predicted molar refractivity (Wildman–Crippen MR) is 94.5 cm³/mol. The maximum Gasteiger partial charge on any atom is 0.165 e. The lowest BCUT2D eigenvalue weighted by molar-refractivity contribution is -0.125. The van der Waals surface area contributed by atoms with Gasteiger partial charge in [0.25, 0.3) is 0 Å². The third-order valence-corrected chi connectivity index (χ3v) is 5.09. The normalized spacial score (nSPS) is 23.9. The molecule has 1 atom stereocenters. The molecule has 0 spiro atoms. The first-order valence-corrected chi connectivity index (χ1v) is 8.68. The number of benzene rings is 1. The van der Waals surface area contributed by atoms with Crippen molar-refractivity contribution < 1.29 is 9.18 Å². The van der Waals surface area contributed by atoms with Gasteiger partial charge in [0, 0.05) is 24.6 Å².